The van der Waals surface area contributed by atoms with Crippen LogP contribution in [0, 0.1) is 12.7 Å². The molecule has 0 N–H and O–H groups in total. The molecular weight excluding hydrogens is 457 g/mol. The normalized spacial score (nSPS) is 14.0. The first-order valence-electron chi connectivity index (χ1n) is 11.3. The summed E-state index contributed by atoms with van der Waals surface area (Å²) in [5.41, 5.74) is 3.73. The zero-order valence-electron chi connectivity index (χ0n) is 19.5. The highest BCUT2D eigenvalue weighted by molar-refractivity contribution is 6.54. The molecule has 7 nitrogen and oxygen atoms in total. The first kappa shape index (κ1) is 22.9. The van der Waals surface area contributed by atoms with Crippen LogP contribution in [0.25, 0.3) is 5.69 Å². The average Bonchev–Trinajstić information content (AvgIpc) is 3.35. The van der Waals surface area contributed by atoms with Crippen LogP contribution in [0.15, 0.2) is 102 Å². The van der Waals surface area contributed by atoms with Crippen LogP contribution in [0.5, 0.6) is 11.6 Å². The molecule has 1 aliphatic rings. The fourth-order valence-electron chi connectivity index (χ4n) is 3.94. The van der Waals surface area contributed by atoms with E-state index in [1.807, 2.05) is 61.5 Å². The van der Waals surface area contributed by atoms with Gasteiger partial charge in [-0.15, -0.1) is 11.7 Å². The number of aryl methyl sites for hydroxylation is 1. The summed E-state index contributed by atoms with van der Waals surface area (Å²) >= 11 is 0. The Kier molecular flexibility index (Phi) is 6.23. The predicted molar refractivity (Wildman–Crippen MR) is 138 cm³/mol. The number of hydrogen-bond acceptors (Lipinski definition) is 5. The molecule has 0 unspecified atom stereocenters. The summed E-state index contributed by atoms with van der Waals surface area (Å²) < 4.78 is 21.2. The molecule has 1 amide bonds. The van der Waals surface area contributed by atoms with E-state index < -0.39 is 0 Å². The summed E-state index contributed by atoms with van der Waals surface area (Å²) in [7, 11) is 0. The van der Waals surface area contributed by atoms with Crippen molar-refractivity contribution in [3.05, 3.63) is 114 Å². The summed E-state index contributed by atoms with van der Waals surface area (Å²) in [5.74, 6) is 0.225. The third kappa shape index (κ3) is 4.32. The smallest absolute Gasteiger partial charge is 0.279 e. The molecule has 178 valence electrons. The first-order chi connectivity index (χ1) is 17.6. The Morgan fingerprint density at radius 1 is 1.03 bits per heavy atom. The zero-order chi connectivity index (χ0) is 25.1. The molecule has 8 heteroatoms. The topological polar surface area (TPSA) is 72.1 Å². The number of rotatable bonds is 7. The van der Waals surface area contributed by atoms with Crippen LogP contribution in [0.4, 0.5) is 10.1 Å². The molecule has 1 aliphatic heterocycles. The minimum absolute atomic E-state index is 0.243. The maximum absolute atomic E-state index is 13.4. The number of benzene rings is 3. The lowest BCUT2D eigenvalue weighted by Crippen LogP contribution is -2.30. The number of aromatic nitrogens is 2. The molecule has 0 saturated heterocycles. The Labute approximate surface area is 207 Å². The zero-order valence-corrected chi connectivity index (χ0v) is 19.5. The second-order valence-corrected chi connectivity index (χ2v) is 8.02. The van der Waals surface area contributed by atoms with E-state index in [9.17, 15) is 9.18 Å². The summed E-state index contributed by atoms with van der Waals surface area (Å²) in [6.07, 6.45) is 3.18. The number of carbonyl (C=O) groups excluding carboxylic acids is 1. The molecule has 0 fully saturated rings. The van der Waals surface area contributed by atoms with E-state index in [-0.39, 0.29) is 17.4 Å². The number of anilines is 1. The highest BCUT2D eigenvalue weighted by Gasteiger charge is 2.33. The highest BCUT2D eigenvalue weighted by atomic mass is 19.1. The molecule has 1 aromatic heterocycles. The van der Waals surface area contributed by atoms with E-state index in [1.165, 1.54) is 30.5 Å². The maximum atomic E-state index is 13.4. The van der Waals surface area contributed by atoms with Crippen molar-refractivity contribution in [2.45, 2.75) is 6.92 Å². The Bertz CT molecular complexity index is 1490. The predicted octanol–water partition coefficient (Wildman–Crippen LogP) is 5.47. The lowest BCUT2D eigenvalue weighted by Gasteiger charge is -2.13. The van der Waals surface area contributed by atoms with Crippen LogP contribution in [0.3, 0.4) is 0 Å². The highest BCUT2D eigenvalue weighted by Crippen LogP contribution is 2.31. The molecule has 5 rings (SSSR count). The number of para-hydroxylation sites is 2. The molecule has 0 aliphatic carbocycles. The molecule has 0 spiro atoms. The summed E-state index contributed by atoms with van der Waals surface area (Å²) in [6, 6.07) is 22.6. The Balaban J connectivity index is 1.55. The molecule has 3 aromatic carbocycles. The standard InChI is InChI=1S/C28H22FN5O2/c1-3-17-33-25-12-8-7-11-23(25)26(27(33)35)31-30-18-24-19(2)32-34(21-9-5-4-6-10-21)28(24)36-22-15-13-20(29)14-16-22/h3-16,18H,1,17H2,2H3/b30-18-,31-26-. The average molecular weight is 480 g/mol. The fraction of sp³-hybridized carbons (Fsp3) is 0.0714. The summed E-state index contributed by atoms with van der Waals surface area (Å²) in [6.45, 7) is 5.94. The molecule has 0 saturated carbocycles. The van der Waals surface area contributed by atoms with Gasteiger partial charge in [-0.05, 0) is 49.4 Å². The van der Waals surface area contributed by atoms with Crippen LogP contribution in [0.2, 0.25) is 0 Å². The van der Waals surface area contributed by atoms with E-state index in [2.05, 4.69) is 21.9 Å². The van der Waals surface area contributed by atoms with Crippen molar-refractivity contribution in [2.75, 3.05) is 11.4 Å². The molecule has 0 atom stereocenters. The minimum atomic E-state index is -0.361. The van der Waals surface area contributed by atoms with Gasteiger partial charge in [0.1, 0.15) is 11.6 Å². The van der Waals surface area contributed by atoms with Crippen LogP contribution in [0.1, 0.15) is 16.8 Å². The van der Waals surface area contributed by atoms with Crippen molar-refractivity contribution in [3.8, 4) is 17.3 Å². The van der Waals surface area contributed by atoms with Crippen molar-refractivity contribution in [1.82, 2.24) is 9.78 Å². The monoisotopic (exact) mass is 479 g/mol. The molecule has 0 radical (unpaired) electrons. The lowest BCUT2D eigenvalue weighted by molar-refractivity contribution is -0.112. The number of amides is 1. The second kappa shape index (κ2) is 9.79. The van der Waals surface area contributed by atoms with Gasteiger partial charge in [0.2, 0.25) is 5.88 Å². The van der Waals surface area contributed by atoms with Gasteiger partial charge in [0.25, 0.3) is 5.91 Å². The fourth-order valence-corrected chi connectivity index (χ4v) is 3.94. The molecular formula is C28H22FN5O2. The Morgan fingerprint density at radius 3 is 2.50 bits per heavy atom. The lowest BCUT2D eigenvalue weighted by atomic mass is 10.1. The van der Waals surface area contributed by atoms with E-state index in [0.29, 0.717) is 35.0 Å². The number of fused-ring (bicyclic) bond motifs is 1. The van der Waals surface area contributed by atoms with Gasteiger partial charge in [0.15, 0.2) is 5.71 Å². The van der Waals surface area contributed by atoms with Crippen LogP contribution >= 0.6 is 0 Å². The number of carbonyl (C=O) groups is 1. The Morgan fingerprint density at radius 2 is 1.75 bits per heavy atom. The van der Waals surface area contributed by atoms with Gasteiger partial charge in [-0.1, -0.05) is 42.5 Å². The summed E-state index contributed by atoms with van der Waals surface area (Å²) in [4.78, 5) is 14.6. The van der Waals surface area contributed by atoms with Gasteiger partial charge >= 0.3 is 0 Å². The van der Waals surface area contributed by atoms with Crippen molar-refractivity contribution >= 4 is 23.5 Å². The van der Waals surface area contributed by atoms with E-state index in [0.717, 1.165) is 11.4 Å². The quantitative estimate of drug-likeness (QED) is 0.201. The van der Waals surface area contributed by atoms with Crippen molar-refractivity contribution in [1.29, 1.82) is 0 Å². The van der Waals surface area contributed by atoms with Crippen LogP contribution in [-0.4, -0.2) is 34.2 Å². The SMILES string of the molecule is C=CCN1C(=O)/C(=N\N=C/c2c(C)nn(-c3ccccc3)c2Oc2ccc(F)cc2)c2ccccc21. The number of hydrogen-bond donors (Lipinski definition) is 0. The van der Waals surface area contributed by atoms with E-state index >= 15 is 0 Å². The first-order valence-corrected chi connectivity index (χ1v) is 11.3. The van der Waals surface area contributed by atoms with Gasteiger partial charge in [-0.3, -0.25) is 4.79 Å². The van der Waals surface area contributed by atoms with Crippen LogP contribution < -0.4 is 9.64 Å². The van der Waals surface area contributed by atoms with Gasteiger partial charge in [0, 0.05) is 12.1 Å². The van der Waals surface area contributed by atoms with Crippen molar-refractivity contribution in [2.24, 2.45) is 10.2 Å². The third-order valence-electron chi connectivity index (χ3n) is 5.65. The minimum Gasteiger partial charge on any atom is -0.438 e. The molecule has 36 heavy (non-hydrogen) atoms. The second-order valence-electron chi connectivity index (χ2n) is 8.02. The number of halogens is 1. The number of ether oxygens (including phenoxy) is 1. The van der Waals surface area contributed by atoms with Gasteiger partial charge in [0.05, 0.1) is 28.8 Å². The Hall–Kier alpha value is -4.85. The van der Waals surface area contributed by atoms with Gasteiger partial charge in [-0.2, -0.15) is 14.9 Å². The maximum Gasteiger partial charge on any atom is 0.279 e. The third-order valence-corrected chi connectivity index (χ3v) is 5.65. The number of nitrogens with zero attached hydrogens (tertiary/aromatic N) is 5. The van der Waals surface area contributed by atoms with Gasteiger partial charge < -0.3 is 9.64 Å². The van der Waals surface area contributed by atoms with Crippen LogP contribution in [-0.2, 0) is 4.79 Å². The van der Waals surface area contributed by atoms with Crippen molar-refractivity contribution < 1.29 is 13.9 Å². The molecule has 2 heterocycles. The largest absolute Gasteiger partial charge is 0.438 e. The molecule has 0 bridgehead atoms. The van der Waals surface area contributed by atoms with Gasteiger partial charge in [-0.25, -0.2) is 4.39 Å². The van der Waals surface area contributed by atoms with Crippen molar-refractivity contribution in [3.63, 3.8) is 0 Å². The van der Waals surface area contributed by atoms with E-state index in [4.69, 9.17) is 4.74 Å². The van der Waals surface area contributed by atoms with E-state index in [1.54, 1.807) is 15.7 Å². The molecule has 4 aromatic rings. The summed E-state index contributed by atoms with van der Waals surface area (Å²) in [5, 5.41) is 13.1.